The second kappa shape index (κ2) is 14.5. The molecule has 1 amide bonds. The van der Waals surface area contributed by atoms with E-state index in [9.17, 15) is 9.59 Å². The van der Waals surface area contributed by atoms with Crippen molar-refractivity contribution in [3.05, 3.63) is 0 Å². The van der Waals surface area contributed by atoms with Gasteiger partial charge in [0, 0.05) is 19.4 Å². The molecule has 0 spiro atoms. The van der Waals surface area contributed by atoms with Gasteiger partial charge >= 0.3 is 0 Å². The summed E-state index contributed by atoms with van der Waals surface area (Å²) < 4.78 is 0. The molecule has 0 rings (SSSR count). The first-order valence-corrected chi connectivity index (χ1v) is 8.07. The predicted octanol–water partition coefficient (Wildman–Crippen LogP) is 2.81. The van der Waals surface area contributed by atoms with E-state index < -0.39 is 0 Å². The molecule has 118 valence electrons. The van der Waals surface area contributed by atoms with E-state index in [1.54, 1.807) is 6.92 Å². The van der Waals surface area contributed by atoms with Gasteiger partial charge in [-0.1, -0.05) is 25.7 Å². The Morgan fingerprint density at radius 1 is 0.750 bits per heavy atom. The molecular formula is C16H32N2O2. The van der Waals surface area contributed by atoms with E-state index in [4.69, 9.17) is 0 Å². The summed E-state index contributed by atoms with van der Waals surface area (Å²) in [5, 5.41) is 6.11. The third kappa shape index (κ3) is 15.2. The number of amides is 1. The lowest BCUT2D eigenvalue weighted by atomic mass is 10.1. The molecule has 0 heterocycles. The summed E-state index contributed by atoms with van der Waals surface area (Å²) in [6.45, 7) is 3.52. The van der Waals surface area contributed by atoms with Crippen LogP contribution in [0.4, 0.5) is 0 Å². The van der Waals surface area contributed by atoms with Crippen LogP contribution in [0.5, 0.6) is 0 Å². The highest BCUT2D eigenvalue weighted by molar-refractivity contribution is 5.75. The van der Waals surface area contributed by atoms with Crippen molar-refractivity contribution in [3.63, 3.8) is 0 Å². The lowest BCUT2D eigenvalue weighted by Gasteiger charge is -2.05. The first-order valence-electron chi connectivity index (χ1n) is 8.07. The van der Waals surface area contributed by atoms with Crippen LogP contribution >= 0.6 is 0 Å². The molecule has 0 aromatic carbocycles. The molecule has 0 aliphatic heterocycles. The number of ketones is 1. The van der Waals surface area contributed by atoms with Crippen molar-refractivity contribution in [2.24, 2.45) is 0 Å². The van der Waals surface area contributed by atoms with Gasteiger partial charge in [-0.05, 0) is 46.2 Å². The number of rotatable bonds is 14. The molecule has 0 aromatic heterocycles. The molecule has 0 saturated carbocycles. The van der Waals surface area contributed by atoms with Gasteiger partial charge in [-0.2, -0.15) is 0 Å². The highest BCUT2D eigenvalue weighted by Crippen LogP contribution is 2.05. The molecule has 0 atom stereocenters. The maximum absolute atomic E-state index is 11.5. The molecule has 0 unspecified atom stereocenters. The van der Waals surface area contributed by atoms with E-state index in [1.807, 2.05) is 7.05 Å². The van der Waals surface area contributed by atoms with Crippen LogP contribution in [0.3, 0.4) is 0 Å². The number of unbranched alkanes of at least 4 members (excludes halogenated alkanes) is 6. The highest BCUT2D eigenvalue weighted by atomic mass is 16.1. The number of nitrogens with one attached hydrogen (secondary N) is 2. The van der Waals surface area contributed by atoms with Crippen molar-refractivity contribution >= 4 is 11.7 Å². The quantitative estimate of drug-likeness (QED) is 0.482. The maximum atomic E-state index is 11.5. The topological polar surface area (TPSA) is 58.2 Å². The fourth-order valence-corrected chi connectivity index (χ4v) is 2.11. The Bertz CT molecular complexity index is 255. The van der Waals surface area contributed by atoms with Crippen molar-refractivity contribution in [3.8, 4) is 0 Å². The predicted molar refractivity (Wildman–Crippen MR) is 83.8 cm³/mol. The molecule has 0 aromatic rings. The summed E-state index contributed by atoms with van der Waals surface area (Å²) in [5.74, 6) is 0.434. The first-order chi connectivity index (χ1) is 9.66. The van der Waals surface area contributed by atoms with Gasteiger partial charge in [-0.25, -0.2) is 0 Å². The second-order valence-electron chi connectivity index (χ2n) is 5.48. The van der Waals surface area contributed by atoms with E-state index in [2.05, 4.69) is 10.6 Å². The molecular weight excluding hydrogens is 252 g/mol. The van der Waals surface area contributed by atoms with Gasteiger partial charge in [0.15, 0.2) is 0 Å². The normalized spacial score (nSPS) is 10.5. The first kappa shape index (κ1) is 19.1. The Morgan fingerprint density at radius 3 is 1.90 bits per heavy atom. The Kier molecular flexibility index (Phi) is 13.9. The van der Waals surface area contributed by atoms with E-state index in [0.717, 1.165) is 45.2 Å². The van der Waals surface area contributed by atoms with Crippen molar-refractivity contribution in [1.29, 1.82) is 0 Å². The van der Waals surface area contributed by atoms with Gasteiger partial charge in [0.2, 0.25) is 5.91 Å². The molecule has 2 N–H and O–H groups in total. The lowest BCUT2D eigenvalue weighted by molar-refractivity contribution is -0.121. The number of Topliss-reactive ketones (excluding diaryl/α,β-unsaturated/α-hetero) is 1. The molecule has 20 heavy (non-hydrogen) atoms. The largest absolute Gasteiger partial charge is 0.356 e. The number of carbonyl (C=O) groups is 2. The Balaban J connectivity index is 3.19. The minimum atomic E-state index is 0.173. The van der Waals surface area contributed by atoms with Crippen LogP contribution in [0.1, 0.15) is 71.1 Å². The standard InChI is InChI=1S/C16H32N2O2/c1-15(19)11-7-3-4-8-12-16(20)18-14-10-6-5-9-13-17-2/h17H,3-14H2,1-2H3,(H,18,20). The Morgan fingerprint density at radius 2 is 1.30 bits per heavy atom. The lowest BCUT2D eigenvalue weighted by Crippen LogP contribution is -2.24. The SMILES string of the molecule is CNCCCCCCNC(=O)CCCCCCC(C)=O. The summed E-state index contributed by atoms with van der Waals surface area (Å²) in [5.41, 5.74) is 0. The minimum absolute atomic E-state index is 0.173. The summed E-state index contributed by atoms with van der Waals surface area (Å²) >= 11 is 0. The third-order valence-corrected chi connectivity index (χ3v) is 3.36. The van der Waals surface area contributed by atoms with Crippen LogP contribution in [0.25, 0.3) is 0 Å². The summed E-state index contributed by atoms with van der Waals surface area (Å²) in [6, 6.07) is 0. The van der Waals surface area contributed by atoms with Crippen LogP contribution in [-0.4, -0.2) is 31.8 Å². The van der Waals surface area contributed by atoms with Crippen LogP contribution in [0.2, 0.25) is 0 Å². The van der Waals surface area contributed by atoms with Gasteiger partial charge in [0.25, 0.3) is 0 Å². The fourth-order valence-electron chi connectivity index (χ4n) is 2.11. The zero-order chi connectivity index (χ0) is 15.1. The molecule has 0 bridgehead atoms. The number of hydrogen-bond donors (Lipinski definition) is 2. The van der Waals surface area contributed by atoms with Crippen LogP contribution in [0, 0.1) is 0 Å². The number of carbonyl (C=O) groups excluding carboxylic acids is 2. The van der Waals surface area contributed by atoms with Crippen LogP contribution < -0.4 is 10.6 Å². The minimum Gasteiger partial charge on any atom is -0.356 e. The van der Waals surface area contributed by atoms with Crippen molar-refractivity contribution in [1.82, 2.24) is 10.6 Å². The van der Waals surface area contributed by atoms with Gasteiger partial charge in [-0.3, -0.25) is 4.79 Å². The third-order valence-electron chi connectivity index (χ3n) is 3.36. The molecule has 0 aliphatic carbocycles. The fraction of sp³-hybridized carbons (Fsp3) is 0.875. The average Bonchev–Trinajstić information content (AvgIpc) is 2.41. The van der Waals surface area contributed by atoms with E-state index >= 15 is 0 Å². The van der Waals surface area contributed by atoms with E-state index in [1.165, 1.54) is 19.3 Å². The molecule has 0 fully saturated rings. The number of hydrogen-bond acceptors (Lipinski definition) is 3. The monoisotopic (exact) mass is 284 g/mol. The second-order valence-corrected chi connectivity index (χ2v) is 5.48. The summed E-state index contributed by atoms with van der Waals surface area (Å²) in [6.07, 6.45) is 10.0. The summed E-state index contributed by atoms with van der Waals surface area (Å²) in [4.78, 5) is 22.3. The molecule has 0 saturated heterocycles. The zero-order valence-electron chi connectivity index (χ0n) is 13.3. The smallest absolute Gasteiger partial charge is 0.219 e. The average molecular weight is 284 g/mol. The van der Waals surface area contributed by atoms with Crippen molar-refractivity contribution < 1.29 is 9.59 Å². The van der Waals surface area contributed by atoms with Crippen LogP contribution in [0.15, 0.2) is 0 Å². The maximum Gasteiger partial charge on any atom is 0.219 e. The molecule has 4 heteroatoms. The van der Waals surface area contributed by atoms with Crippen molar-refractivity contribution in [2.45, 2.75) is 71.1 Å². The molecule has 4 nitrogen and oxygen atoms in total. The molecule has 0 radical (unpaired) electrons. The Labute approximate surface area is 124 Å². The Hall–Kier alpha value is -0.900. The summed E-state index contributed by atoms with van der Waals surface area (Å²) in [7, 11) is 1.97. The molecule has 0 aliphatic rings. The van der Waals surface area contributed by atoms with Crippen LogP contribution in [-0.2, 0) is 9.59 Å². The van der Waals surface area contributed by atoms with E-state index in [-0.39, 0.29) is 11.7 Å². The van der Waals surface area contributed by atoms with Gasteiger partial charge < -0.3 is 15.4 Å². The van der Waals surface area contributed by atoms with Crippen molar-refractivity contribution in [2.75, 3.05) is 20.1 Å². The highest BCUT2D eigenvalue weighted by Gasteiger charge is 2.00. The van der Waals surface area contributed by atoms with E-state index in [0.29, 0.717) is 12.8 Å². The van der Waals surface area contributed by atoms with Gasteiger partial charge in [0.1, 0.15) is 5.78 Å². The van der Waals surface area contributed by atoms with Gasteiger partial charge in [-0.15, -0.1) is 0 Å². The zero-order valence-corrected chi connectivity index (χ0v) is 13.3. The van der Waals surface area contributed by atoms with Gasteiger partial charge in [0.05, 0.1) is 0 Å².